The van der Waals surface area contributed by atoms with Gasteiger partial charge in [0.1, 0.15) is 5.60 Å². The van der Waals surface area contributed by atoms with Gasteiger partial charge < -0.3 is 19.5 Å². The lowest BCUT2D eigenvalue weighted by Crippen LogP contribution is -2.55. The molecule has 0 aromatic rings. The van der Waals surface area contributed by atoms with Crippen molar-refractivity contribution >= 4 is 6.09 Å². The molecule has 0 aromatic heterocycles. The van der Waals surface area contributed by atoms with Crippen LogP contribution in [0.25, 0.3) is 0 Å². The number of nitrogens with zero attached hydrogens (tertiary/aromatic N) is 1. The summed E-state index contributed by atoms with van der Waals surface area (Å²) in [6.07, 6.45) is -4.95. The number of rotatable bonds is 7. The molecule has 0 spiro atoms. The van der Waals surface area contributed by atoms with Crippen molar-refractivity contribution in [3.8, 4) is 0 Å². The molecule has 1 aliphatic carbocycles. The van der Waals surface area contributed by atoms with Crippen LogP contribution in [-0.2, 0) is 18.9 Å². The normalized spacial score (nSPS) is 29.2. The number of ether oxygens (including phenoxy) is 4. The molecule has 1 saturated carbocycles. The molecule has 1 N–H and O–H groups in total. The number of piperidine rings is 1. The van der Waals surface area contributed by atoms with Crippen molar-refractivity contribution in [3.63, 3.8) is 0 Å². The minimum Gasteiger partial charge on any atom is -0.444 e. The summed E-state index contributed by atoms with van der Waals surface area (Å²) in [7, 11) is 1.60. The molecule has 0 unspecified atom stereocenters. The van der Waals surface area contributed by atoms with Crippen LogP contribution in [0.1, 0.15) is 40.0 Å². The Balaban J connectivity index is 1.64. The van der Waals surface area contributed by atoms with Crippen LogP contribution in [0.5, 0.6) is 0 Å². The van der Waals surface area contributed by atoms with E-state index in [4.69, 9.17) is 14.2 Å². The highest BCUT2D eigenvalue weighted by Crippen LogP contribution is 2.32. The number of alkyl halides is 3. The van der Waals surface area contributed by atoms with Gasteiger partial charge in [-0.15, -0.1) is 13.2 Å². The Morgan fingerprint density at radius 2 is 1.86 bits per heavy atom. The average Bonchev–Trinajstić information content (AvgIpc) is 2.50. The Kier molecular flexibility index (Phi) is 7.95. The lowest BCUT2D eigenvalue weighted by atomic mass is 9.92. The van der Waals surface area contributed by atoms with E-state index in [1.807, 2.05) is 20.8 Å². The zero-order valence-corrected chi connectivity index (χ0v) is 16.9. The summed E-state index contributed by atoms with van der Waals surface area (Å²) in [5.41, 5.74) is -0.559. The van der Waals surface area contributed by atoms with Gasteiger partial charge in [0.2, 0.25) is 0 Å². The number of amides is 1. The van der Waals surface area contributed by atoms with E-state index >= 15 is 0 Å². The topological polar surface area (TPSA) is 69.3 Å². The molecular weight excluding hydrogens is 381 g/mol. The van der Waals surface area contributed by atoms with Crippen molar-refractivity contribution in [1.82, 2.24) is 10.2 Å². The zero-order valence-electron chi connectivity index (χ0n) is 16.9. The summed E-state index contributed by atoms with van der Waals surface area (Å²) in [5, 5.41) is 2.86. The van der Waals surface area contributed by atoms with Crippen molar-refractivity contribution in [3.05, 3.63) is 0 Å². The van der Waals surface area contributed by atoms with Gasteiger partial charge in [0.15, 0.2) is 0 Å². The van der Waals surface area contributed by atoms with Crippen molar-refractivity contribution in [2.24, 2.45) is 0 Å². The number of alkyl carbamates (subject to hydrolysis) is 1. The summed E-state index contributed by atoms with van der Waals surface area (Å²) in [6.45, 7) is 7.90. The fourth-order valence-corrected chi connectivity index (χ4v) is 3.33. The molecule has 1 aliphatic heterocycles. The molecule has 0 bridgehead atoms. The van der Waals surface area contributed by atoms with Gasteiger partial charge >= 0.3 is 12.5 Å². The van der Waals surface area contributed by atoms with Gasteiger partial charge in [-0.2, -0.15) is 0 Å². The van der Waals surface area contributed by atoms with Crippen LogP contribution < -0.4 is 5.32 Å². The summed E-state index contributed by atoms with van der Waals surface area (Å²) in [6, 6.07) is -0.135. The Morgan fingerprint density at radius 1 is 1.18 bits per heavy atom. The van der Waals surface area contributed by atoms with Crippen LogP contribution in [0.4, 0.5) is 18.0 Å². The molecule has 0 radical (unpaired) electrons. The van der Waals surface area contributed by atoms with Crippen LogP contribution in [-0.4, -0.2) is 80.7 Å². The van der Waals surface area contributed by atoms with E-state index < -0.39 is 24.2 Å². The third-order valence-corrected chi connectivity index (χ3v) is 4.76. The molecule has 2 aliphatic rings. The fourth-order valence-electron chi connectivity index (χ4n) is 3.33. The number of hydrogen-bond donors (Lipinski definition) is 1. The first kappa shape index (κ1) is 23.2. The third kappa shape index (κ3) is 8.10. The van der Waals surface area contributed by atoms with Crippen molar-refractivity contribution in [2.45, 2.75) is 76.4 Å². The second-order valence-corrected chi connectivity index (χ2v) is 8.27. The Morgan fingerprint density at radius 3 is 2.43 bits per heavy atom. The molecule has 2 fully saturated rings. The van der Waals surface area contributed by atoms with Crippen molar-refractivity contribution in [2.75, 3.05) is 33.4 Å². The van der Waals surface area contributed by atoms with E-state index in [9.17, 15) is 18.0 Å². The van der Waals surface area contributed by atoms with Crippen LogP contribution in [0.2, 0.25) is 0 Å². The smallest absolute Gasteiger partial charge is 0.444 e. The van der Waals surface area contributed by atoms with Gasteiger partial charge in [-0.1, -0.05) is 0 Å². The maximum Gasteiger partial charge on any atom is 0.522 e. The number of likely N-dealkylation sites (tertiary alicyclic amines) is 1. The van der Waals surface area contributed by atoms with Gasteiger partial charge in [-0.25, -0.2) is 4.79 Å². The van der Waals surface area contributed by atoms with E-state index in [-0.39, 0.29) is 31.1 Å². The summed E-state index contributed by atoms with van der Waals surface area (Å²) in [4.78, 5) is 14.1. The molecule has 1 heterocycles. The quantitative estimate of drug-likeness (QED) is 0.694. The van der Waals surface area contributed by atoms with E-state index in [0.717, 1.165) is 6.54 Å². The van der Waals surface area contributed by atoms with Crippen LogP contribution in [0.15, 0.2) is 0 Å². The number of hydrogen-bond acceptors (Lipinski definition) is 6. The lowest BCUT2D eigenvalue weighted by Gasteiger charge is -2.39. The monoisotopic (exact) mass is 412 g/mol. The highest BCUT2D eigenvalue weighted by atomic mass is 19.4. The molecule has 2 atom stereocenters. The van der Waals surface area contributed by atoms with E-state index in [0.29, 0.717) is 26.1 Å². The fraction of sp³-hybridized carbons (Fsp3) is 0.944. The largest absolute Gasteiger partial charge is 0.522 e. The lowest BCUT2D eigenvalue weighted by molar-refractivity contribution is -0.357. The van der Waals surface area contributed by atoms with E-state index in [1.165, 1.54) is 0 Å². The molecule has 164 valence electrons. The van der Waals surface area contributed by atoms with Crippen LogP contribution in [0, 0.1) is 0 Å². The average molecular weight is 412 g/mol. The van der Waals surface area contributed by atoms with Gasteiger partial charge in [-0.3, -0.25) is 9.64 Å². The SMILES string of the molecule is CO[C@@H]1CN(CCOC2CC(OC(F)(F)F)C2)CC[C@H]1NC(=O)OC(C)(C)C. The minimum atomic E-state index is -4.58. The molecular formula is C18H31F3N2O5. The van der Waals surface area contributed by atoms with Gasteiger partial charge in [0.05, 0.1) is 31.0 Å². The predicted molar refractivity (Wildman–Crippen MR) is 94.9 cm³/mol. The number of carbonyl (C=O) groups excluding carboxylic acids is 1. The van der Waals surface area contributed by atoms with Crippen LogP contribution >= 0.6 is 0 Å². The Bertz CT molecular complexity index is 506. The standard InChI is InChI=1S/C18H31F3N2O5/c1-17(2,3)28-16(24)22-14-5-6-23(11-15(14)25-4)7-8-26-12-9-13(10-12)27-18(19,20)21/h12-15H,5-11H2,1-4H3,(H,22,24)/t12?,13?,14-,15-/m1/s1. The third-order valence-electron chi connectivity index (χ3n) is 4.76. The first-order valence-electron chi connectivity index (χ1n) is 9.56. The van der Waals surface area contributed by atoms with Crippen LogP contribution in [0.3, 0.4) is 0 Å². The maximum absolute atomic E-state index is 12.1. The molecule has 1 saturated heterocycles. The van der Waals surface area contributed by atoms with Crippen molar-refractivity contribution < 1.29 is 36.9 Å². The molecule has 28 heavy (non-hydrogen) atoms. The summed E-state index contributed by atoms with van der Waals surface area (Å²) in [5.74, 6) is 0. The molecule has 1 amide bonds. The van der Waals surface area contributed by atoms with E-state index in [2.05, 4.69) is 15.0 Å². The highest BCUT2D eigenvalue weighted by molar-refractivity contribution is 5.68. The van der Waals surface area contributed by atoms with E-state index in [1.54, 1.807) is 7.11 Å². The second kappa shape index (κ2) is 9.60. The molecule has 0 aromatic carbocycles. The number of carbonyl (C=O) groups is 1. The summed E-state index contributed by atoms with van der Waals surface area (Å²) < 4.78 is 56.7. The second-order valence-electron chi connectivity index (χ2n) is 8.27. The Labute approximate surface area is 163 Å². The number of halogens is 3. The molecule has 10 heteroatoms. The molecule has 7 nitrogen and oxygen atoms in total. The highest BCUT2D eigenvalue weighted by Gasteiger charge is 2.40. The predicted octanol–water partition coefficient (Wildman–Crippen LogP) is 2.68. The van der Waals surface area contributed by atoms with Gasteiger partial charge in [0.25, 0.3) is 0 Å². The molecule has 2 rings (SSSR count). The number of nitrogens with one attached hydrogen (secondary N) is 1. The summed E-state index contributed by atoms with van der Waals surface area (Å²) >= 11 is 0. The first-order chi connectivity index (χ1) is 12.9. The Hall–Kier alpha value is -1.10. The van der Waals surface area contributed by atoms with Gasteiger partial charge in [0, 0.05) is 39.6 Å². The zero-order chi connectivity index (χ0) is 20.9. The minimum absolute atomic E-state index is 0.135. The first-order valence-corrected chi connectivity index (χ1v) is 9.56. The maximum atomic E-state index is 12.1. The van der Waals surface area contributed by atoms with Gasteiger partial charge in [-0.05, 0) is 27.2 Å². The van der Waals surface area contributed by atoms with Crippen molar-refractivity contribution in [1.29, 1.82) is 0 Å². The number of methoxy groups -OCH3 is 1.